The standard InChI is InChI=1S/C15H16F8N2O/c1-12(2,3)7-13(14(18,19)20,15(21,22)23)25-11(26)24-10-8(16)5-4-6-9(10)17/h4-6H,7H2,1-3H3,(H2,24,25,26). The van der Waals surface area contributed by atoms with Crippen molar-refractivity contribution in [2.45, 2.75) is 45.1 Å². The van der Waals surface area contributed by atoms with Crippen molar-refractivity contribution >= 4 is 11.7 Å². The van der Waals surface area contributed by atoms with E-state index >= 15 is 0 Å². The number of halogens is 8. The Morgan fingerprint density at radius 3 is 1.69 bits per heavy atom. The first kappa shape index (κ1) is 22.0. The highest BCUT2D eigenvalue weighted by Gasteiger charge is 2.72. The van der Waals surface area contributed by atoms with E-state index in [1.807, 2.05) is 0 Å². The zero-order valence-electron chi connectivity index (χ0n) is 13.9. The van der Waals surface area contributed by atoms with Crippen LogP contribution in [0, 0.1) is 17.0 Å². The summed E-state index contributed by atoms with van der Waals surface area (Å²) >= 11 is 0. The Hall–Kier alpha value is -2.07. The Morgan fingerprint density at radius 2 is 1.35 bits per heavy atom. The lowest BCUT2D eigenvalue weighted by Gasteiger charge is -2.41. The number of benzene rings is 1. The number of anilines is 1. The zero-order valence-corrected chi connectivity index (χ0v) is 13.9. The van der Waals surface area contributed by atoms with Crippen molar-refractivity contribution in [3.63, 3.8) is 0 Å². The van der Waals surface area contributed by atoms with E-state index in [0.29, 0.717) is 12.1 Å². The van der Waals surface area contributed by atoms with Crippen molar-refractivity contribution in [3.8, 4) is 0 Å². The third-order valence-electron chi connectivity index (χ3n) is 3.29. The lowest BCUT2D eigenvalue weighted by Crippen LogP contribution is -2.69. The molecule has 2 amide bonds. The van der Waals surface area contributed by atoms with Crippen molar-refractivity contribution in [1.29, 1.82) is 0 Å². The first-order valence-electron chi connectivity index (χ1n) is 7.17. The first-order valence-corrected chi connectivity index (χ1v) is 7.17. The second-order valence-corrected chi connectivity index (χ2v) is 6.81. The maximum Gasteiger partial charge on any atom is 0.420 e. The second kappa shape index (κ2) is 6.92. The number of para-hydroxylation sites is 1. The summed E-state index contributed by atoms with van der Waals surface area (Å²) in [5, 5.41) is 2.20. The molecular weight excluding hydrogens is 376 g/mol. The van der Waals surface area contributed by atoms with Gasteiger partial charge in [0.25, 0.3) is 0 Å². The number of rotatable bonds is 3. The van der Waals surface area contributed by atoms with Gasteiger partial charge in [-0.3, -0.25) is 0 Å². The molecule has 0 aliphatic carbocycles. The molecule has 0 saturated heterocycles. The number of hydrogen-bond donors (Lipinski definition) is 2. The maximum atomic E-state index is 13.5. The van der Waals surface area contributed by atoms with Crippen LogP contribution in [0.15, 0.2) is 18.2 Å². The van der Waals surface area contributed by atoms with Crippen LogP contribution in [-0.2, 0) is 0 Å². The number of hydrogen-bond acceptors (Lipinski definition) is 1. The summed E-state index contributed by atoms with van der Waals surface area (Å²) in [5.41, 5.74) is -7.27. The van der Waals surface area contributed by atoms with Crippen LogP contribution in [0.1, 0.15) is 27.2 Å². The maximum absolute atomic E-state index is 13.5. The average molecular weight is 392 g/mol. The summed E-state index contributed by atoms with van der Waals surface area (Å²) < 4.78 is 107. The molecule has 11 heteroatoms. The highest BCUT2D eigenvalue weighted by molar-refractivity contribution is 5.90. The summed E-state index contributed by atoms with van der Waals surface area (Å²) in [6, 6.07) is 0.208. The lowest BCUT2D eigenvalue weighted by molar-refractivity contribution is -0.310. The molecule has 0 heterocycles. The van der Waals surface area contributed by atoms with Crippen molar-refractivity contribution in [2.75, 3.05) is 5.32 Å². The van der Waals surface area contributed by atoms with Crippen molar-refractivity contribution < 1.29 is 39.9 Å². The predicted molar refractivity (Wildman–Crippen MR) is 77.4 cm³/mol. The molecule has 26 heavy (non-hydrogen) atoms. The molecular formula is C15H16F8N2O. The SMILES string of the molecule is CC(C)(C)CC(NC(=O)Nc1c(F)cccc1F)(C(F)(F)F)C(F)(F)F. The number of carbonyl (C=O) groups excluding carboxylic acids is 1. The Balaban J connectivity index is 3.30. The zero-order chi connectivity index (χ0) is 20.6. The smallest absolute Gasteiger partial charge is 0.316 e. The van der Waals surface area contributed by atoms with Gasteiger partial charge >= 0.3 is 18.4 Å². The van der Waals surface area contributed by atoms with Gasteiger partial charge in [0, 0.05) is 0 Å². The summed E-state index contributed by atoms with van der Waals surface area (Å²) in [6.45, 7) is 3.36. The van der Waals surface area contributed by atoms with Crippen molar-refractivity contribution in [3.05, 3.63) is 29.8 Å². The van der Waals surface area contributed by atoms with Gasteiger partial charge < -0.3 is 10.6 Å². The van der Waals surface area contributed by atoms with Gasteiger partial charge in [0.05, 0.1) is 0 Å². The molecule has 1 aromatic carbocycles. The van der Waals surface area contributed by atoms with Gasteiger partial charge in [-0.05, 0) is 24.0 Å². The first-order chi connectivity index (χ1) is 11.5. The van der Waals surface area contributed by atoms with Crippen LogP contribution in [0.4, 0.5) is 45.6 Å². The van der Waals surface area contributed by atoms with Gasteiger partial charge in [-0.2, -0.15) is 26.3 Å². The molecule has 0 atom stereocenters. The van der Waals surface area contributed by atoms with Gasteiger partial charge in [-0.15, -0.1) is 0 Å². The van der Waals surface area contributed by atoms with Gasteiger partial charge in [0.1, 0.15) is 17.3 Å². The van der Waals surface area contributed by atoms with Gasteiger partial charge in [0.2, 0.25) is 5.54 Å². The van der Waals surface area contributed by atoms with Crippen molar-refractivity contribution in [2.24, 2.45) is 5.41 Å². The van der Waals surface area contributed by atoms with Gasteiger partial charge in [-0.25, -0.2) is 13.6 Å². The van der Waals surface area contributed by atoms with E-state index < -0.39 is 53.1 Å². The average Bonchev–Trinajstić information content (AvgIpc) is 2.38. The minimum atomic E-state index is -5.91. The quantitative estimate of drug-likeness (QED) is 0.666. The molecule has 0 unspecified atom stereocenters. The summed E-state index contributed by atoms with van der Waals surface area (Å²) in [6.07, 6.45) is -13.4. The molecule has 148 valence electrons. The van der Waals surface area contributed by atoms with Gasteiger partial charge in [-0.1, -0.05) is 26.8 Å². The minimum absolute atomic E-state index is 0.675. The van der Waals surface area contributed by atoms with E-state index in [-0.39, 0.29) is 0 Å². The van der Waals surface area contributed by atoms with E-state index in [4.69, 9.17) is 0 Å². The summed E-state index contributed by atoms with van der Waals surface area (Å²) in [7, 11) is 0. The van der Waals surface area contributed by atoms with E-state index in [9.17, 15) is 39.9 Å². The van der Waals surface area contributed by atoms with Crippen LogP contribution in [0.2, 0.25) is 0 Å². The Kier molecular flexibility index (Phi) is 5.84. The second-order valence-electron chi connectivity index (χ2n) is 6.81. The Morgan fingerprint density at radius 1 is 0.923 bits per heavy atom. The molecule has 0 fully saturated rings. The number of carbonyl (C=O) groups is 1. The molecule has 0 aliphatic rings. The van der Waals surface area contributed by atoms with E-state index in [0.717, 1.165) is 32.2 Å². The summed E-state index contributed by atoms with van der Waals surface area (Å²) in [5.74, 6) is -2.72. The fourth-order valence-electron chi connectivity index (χ4n) is 2.30. The molecule has 0 aliphatic heterocycles. The fraction of sp³-hybridized carbons (Fsp3) is 0.533. The van der Waals surface area contributed by atoms with E-state index in [1.54, 1.807) is 0 Å². The minimum Gasteiger partial charge on any atom is -0.316 e. The largest absolute Gasteiger partial charge is 0.420 e. The molecule has 0 spiro atoms. The molecule has 3 nitrogen and oxygen atoms in total. The number of urea groups is 1. The van der Waals surface area contributed by atoms with Gasteiger partial charge in [0.15, 0.2) is 0 Å². The highest BCUT2D eigenvalue weighted by Crippen LogP contribution is 2.49. The fourth-order valence-corrected chi connectivity index (χ4v) is 2.30. The summed E-state index contributed by atoms with van der Waals surface area (Å²) in [4.78, 5) is 11.8. The van der Waals surface area contributed by atoms with Crippen molar-refractivity contribution in [1.82, 2.24) is 5.32 Å². The number of nitrogens with one attached hydrogen (secondary N) is 2. The highest BCUT2D eigenvalue weighted by atomic mass is 19.4. The normalized spacial score (nSPS) is 13.5. The van der Waals surface area contributed by atoms with Crippen LogP contribution in [0.3, 0.4) is 0 Å². The third kappa shape index (κ3) is 4.76. The number of alkyl halides is 6. The number of amides is 2. The topological polar surface area (TPSA) is 41.1 Å². The molecule has 1 rings (SSSR count). The van der Waals surface area contributed by atoms with Crippen LogP contribution >= 0.6 is 0 Å². The molecule has 2 N–H and O–H groups in total. The lowest BCUT2D eigenvalue weighted by atomic mass is 9.78. The third-order valence-corrected chi connectivity index (χ3v) is 3.29. The van der Waals surface area contributed by atoms with Crippen LogP contribution in [0.5, 0.6) is 0 Å². The Bertz CT molecular complexity index is 627. The van der Waals surface area contributed by atoms with E-state index in [2.05, 4.69) is 0 Å². The van der Waals surface area contributed by atoms with E-state index in [1.165, 1.54) is 5.32 Å². The van der Waals surface area contributed by atoms with Crippen LogP contribution in [-0.4, -0.2) is 23.9 Å². The molecule has 0 bridgehead atoms. The molecule has 1 aromatic rings. The van der Waals surface area contributed by atoms with Crippen LogP contribution < -0.4 is 10.6 Å². The monoisotopic (exact) mass is 392 g/mol. The van der Waals surface area contributed by atoms with Crippen LogP contribution in [0.25, 0.3) is 0 Å². The molecule has 0 saturated carbocycles. The Labute approximate surface area is 143 Å². The molecule has 0 aromatic heterocycles. The predicted octanol–water partition coefficient (Wildman–Crippen LogP) is 5.39. The molecule has 0 radical (unpaired) electrons.